The van der Waals surface area contributed by atoms with Crippen LogP contribution in [0.1, 0.15) is 26.7 Å². The zero-order chi connectivity index (χ0) is 16.2. The van der Waals surface area contributed by atoms with E-state index in [-0.39, 0.29) is 13.0 Å². The normalized spacial score (nSPS) is 12.0. The second-order valence-electron chi connectivity index (χ2n) is 4.69. The Balaban J connectivity index is 3.21. The minimum atomic E-state index is -1.69. The quantitative estimate of drug-likeness (QED) is 0.822. The fraction of sp³-hybridized carbons (Fsp3) is 0.429. The highest BCUT2D eigenvalue weighted by molar-refractivity contribution is 5.94. The van der Waals surface area contributed by atoms with Gasteiger partial charge >= 0.3 is 5.97 Å². The summed E-state index contributed by atoms with van der Waals surface area (Å²) in [5, 5.41) is 8.89. The molecule has 1 atom stereocenters. The SMILES string of the molecule is CCCC(=O)N(CC(C)C(=O)O)c1ccc(F)c(F)c1F. The molecule has 0 fully saturated rings. The molecule has 0 saturated carbocycles. The average molecular weight is 303 g/mol. The molecule has 1 N–H and O–H groups in total. The van der Waals surface area contributed by atoms with Crippen molar-refractivity contribution in [2.45, 2.75) is 26.7 Å². The van der Waals surface area contributed by atoms with E-state index < -0.39 is 40.9 Å². The highest BCUT2D eigenvalue weighted by Gasteiger charge is 2.26. The Morgan fingerprint density at radius 2 is 1.86 bits per heavy atom. The van der Waals surface area contributed by atoms with Crippen molar-refractivity contribution in [3.05, 3.63) is 29.6 Å². The van der Waals surface area contributed by atoms with Gasteiger partial charge < -0.3 is 10.0 Å². The number of hydrogen-bond donors (Lipinski definition) is 1. The number of aliphatic carboxylic acids is 1. The second-order valence-corrected chi connectivity index (χ2v) is 4.69. The number of carbonyl (C=O) groups is 2. The molecular weight excluding hydrogens is 287 g/mol. The Bertz CT molecular complexity index is 549. The van der Waals surface area contributed by atoms with Crippen molar-refractivity contribution in [2.24, 2.45) is 5.92 Å². The molecule has 1 amide bonds. The van der Waals surface area contributed by atoms with Gasteiger partial charge in [-0.15, -0.1) is 0 Å². The third-order valence-corrected chi connectivity index (χ3v) is 2.95. The molecular formula is C14H16F3NO3. The molecule has 0 saturated heterocycles. The van der Waals surface area contributed by atoms with Crippen LogP contribution >= 0.6 is 0 Å². The van der Waals surface area contributed by atoms with E-state index in [2.05, 4.69) is 0 Å². The van der Waals surface area contributed by atoms with E-state index in [0.717, 1.165) is 11.0 Å². The van der Waals surface area contributed by atoms with Crippen LogP contribution < -0.4 is 4.90 Å². The van der Waals surface area contributed by atoms with E-state index >= 15 is 0 Å². The number of nitrogens with zero attached hydrogens (tertiary/aromatic N) is 1. The fourth-order valence-corrected chi connectivity index (χ4v) is 1.76. The summed E-state index contributed by atoms with van der Waals surface area (Å²) in [6.45, 7) is 2.74. The van der Waals surface area contributed by atoms with Crippen molar-refractivity contribution in [1.29, 1.82) is 0 Å². The van der Waals surface area contributed by atoms with Gasteiger partial charge in [0.05, 0.1) is 11.6 Å². The number of anilines is 1. The molecule has 0 heterocycles. The number of carboxylic acid groups (broad SMARTS) is 1. The number of benzene rings is 1. The van der Waals surface area contributed by atoms with E-state index in [4.69, 9.17) is 5.11 Å². The monoisotopic (exact) mass is 303 g/mol. The van der Waals surface area contributed by atoms with Crippen LogP contribution in [0.5, 0.6) is 0 Å². The molecule has 4 nitrogen and oxygen atoms in total. The first-order chi connectivity index (χ1) is 9.79. The largest absolute Gasteiger partial charge is 0.481 e. The second kappa shape index (κ2) is 7.10. The first-order valence-corrected chi connectivity index (χ1v) is 6.46. The van der Waals surface area contributed by atoms with E-state index in [1.807, 2.05) is 0 Å². The third kappa shape index (κ3) is 3.96. The molecule has 1 rings (SSSR count). The van der Waals surface area contributed by atoms with Gasteiger partial charge in [0.15, 0.2) is 17.5 Å². The molecule has 0 aliphatic carbocycles. The number of carbonyl (C=O) groups excluding carboxylic acids is 1. The molecule has 0 aliphatic rings. The van der Waals surface area contributed by atoms with Crippen LogP contribution in [0.3, 0.4) is 0 Å². The van der Waals surface area contributed by atoms with E-state index in [9.17, 15) is 22.8 Å². The van der Waals surface area contributed by atoms with Crippen LogP contribution in [0.2, 0.25) is 0 Å². The minimum Gasteiger partial charge on any atom is -0.481 e. The van der Waals surface area contributed by atoms with Crippen LogP contribution in [0, 0.1) is 23.4 Å². The van der Waals surface area contributed by atoms with Crippen LogP contribution in [0.4, 0.5) is 18.9 Å². The van der Waals surface area contributed by atoms with Gasteiger partial charge in [-0.1, -0.05) is 13.8 Å². The molecule has 1 aromatic rings. The predicted molar refractivity (Wildman–Crippen MR) is 70.4 cm³/mol. The molecule has 0 aliphatic heterocycles. The molecule has 0 aromatic heterocycles. The maximum atomic E-state index is 13.8. The lowest BCUT2D eigenvalue weighted by Crippen LogP contribution is -2.37. The number of amides is 1. The maximum absolute atomic E-state index is 13.8. The molecule has 21 heavy (non-hydrogen) atoms. The van der Waals surface area contributed by atoms with Gasteiger partial charge in [0.2, 0.25) is 5.91 Å². The van der Waals surface area contributed by atoms with Gasteiger partial charge in [0.25, 0.3) is 0 Å². The Morgan fingerprint density at radius 3 is 2.38 bits per heavy atom. The zero-order valence-corrected chi connectivity index (χ0v) is 11.7. The molecule has 1 unspecified atom stereocenters. The summed E-state index contributed by atoms with van der Waals surface area (Å²) >= 11 is 0. The molecule has 0 spiro atoms. The Labute approximate surface area is 120 Å². The molecule has 7 heteroatoms. The topological polar surface area (TPSA) is 57.6 Å². The Morgan fingerprint density at radius 1 is 1.24 bits per heavy atom. The van der Waals surface area contributed by atoms with Crippen LogP contribution in [-0.2, 0) is 9.59 Å². The van der Waals surface area contributed by atoms with Gasteiger partial charge in [0, 0.05) is 13.0 Å². The summed E-state index contributed by atoms with van der Waals surface area (Å²) in [5.41, 5.74) is -0.458. The third-order valence-electron chi connectivity index (χ3n) is 2.95. The fourth-order valence-electron chi connectivity index (χ4n) is 1.76. The van der Waals surface area contributed by atoms with Crippen molar-refractivity contribution in [3.63, 3.8) is 0 Å². The maximum Gasteiger partial charge on any atom is 0.308 e. The van der Waals surface area contributed by atoms with Crippen molar-refractivity contribution in [1.82, 2.24) is 0 Å². The van der Waals surface area contributed by atoms with Crippen molar-refractivity contribution in [2.75, 3.05) is 11.4 Å². The Hall–Kier alpha value is -2.05. The zero-order valence-electron chi connectivity index (χ0n) is 11.7. The molecule has 0 bridgehead atoms. The van der Waals surface area contributed by atoms with Crippen molar-refractivity contribution < 1.29 is 27.9 Å². The van der Waals surface area contributed by atoms with Gasteiger partial charge in [-0.05, 0) is 18.6 Å². The smallest absolute Gasteiger partial charge is 0.308 e. The lowest BCUT2D eigenvalue weighted by molar-refractivity contribution is -0.140. The highest BCUT2D eigenvalue weighted by Crippen LogP contribution is 2.25. The summed E-state index contributed by atoms with van der Waals surface area (Å²) in [6.07, 6.45) is 0.507. The lowest BCUT2D eigenvalue weighted by atomic mass is 10.1. The first-order valence-electron chi connectivity index (χ1n) is 6.46. The van der Waals surface area contributed by atoms with Crippen molar-refractivity contribution >= 4 is 17.6 Å². The van der Waals surface area contributed by atoms with Gasteiger partial charge in [0.1, 0.15) is 0 Å². The van der Waals surface area contributed by atoms with Crippen LogP contribution in [0.15, 0.2) is 12.1 Å². The lowest BCUT2D eigenvalue weighted by Gasteiger charge is -2.25. The van der Waals surface area contributed by atoms with Crippen molar-refractivity contribution in [3.8, 4) is 0 Å². The summed E-state index contributed by atoms with van der Waals surface area (Å²) in [6, 6.07) is 1.63. The van der Waals surface area contributed by atoms with Crippen LogP contribution in [-0.4, -0.2) is 23.5 Å². The number of halogens is 3. The molecule has 116 valence electrons. The number of carboxylic acids is 1. The highest BCUT2D eigenvalue weighted by atomic mass is 19.2. The van der Waals surface area contributed by atoms with Gasteiger partial charge in [-0.2, -0.15) is 0 Å². The molecule has 0 radical (unpaired) electrons. The van der Waals surface area contributed by atoms with Gasteiger partial charge in [-0.3, -0.25) is 9.59 Å². The minimum absolute atomic E-state index is 0.0464. The predicted octanol–water partition coefficient (Wildman–Crippen LogP) is 2.96. The first kappa shape index (κ1) is 17.0. The van der Waals surface area contributed by atoms with Gasteiger partial charge in [-0.25, -0.2) is 13.2 Å². The molecule has 1 aromatic carbocycles. The summed E-state index contributed by atoms with van der Waals surface area (Å²) < 4.78 is 40.1. The van der Waals surface area contributed by atoms with E-state index in [0.29, 0.717) is 12.5 Å². The summed E-state index contributed by atoms with van der Waals surface area (Å²) in [5.74, 6) is -7.26. The number of rotatable bonds is 6. The Kier molecular flexibility index (Phi) is 5.75. The van der Waals surface area contributed by atoms with E-state index in [1.54, 1.807) is 6.92 Å². The van der Waals surface area contributed by atoms with Crippen LogP contribution in [0.25, 0.3) is 0 Å². The average Bonchev–Trinajstić information content (AvgIpc) is 2.43. The standard InChI is InChI=1S/C14H16F3NO3/c1-3-4-11(19)18(7-8(2)14(20)21)10-6-5-9(15)12(16)13(10)17/h5-6,8H,3-4,7H2,1-2H3,(H,20,21). The summed E-state index contributed by atoms with van der Waals surface area (Å²) in [7, 11) is 0. The summed E-state index contributed by atoms with van der Waals surface area (Å²) in [4.78, 5) is 23.7. The van der Waals surface area contributed by atoms with E-state index in [1.165, 1.54) is 6.92 Å². The number of hydrogen-bond acceptors (Lipinski definition) is 2.